The smallest absolute Gasteiger partial charge is 0.308 e. The Hall–Kier alpha value is -2.53. The molecule has 3 aromatic rings. The second-order valence-corrected chi connectivity index (χ2v) is 8.48. The Morgan fingerprint density at radius 3 is 2.77 bits per heavy atom. The van der Waals surface area contributed by atoms with Crippen LogP contribution < -0.4 is 4.90 Å². The van der Waals surface area contributed by atoms with Crippen LogP contribution in [0.4, 0.5) is 5.69 Å². The van der Waals surface area contributed by atoms with Crippen molar-refractivity contribution in [2.75, 3.05) is 23.5 Å². The maximum Gasteiger partial charge on any atom is 0.323 e. The average molecular weight is 364 g/mol. The zero-order valence-corrected chi connectivity index (χ0v) is 15.6. The molecule has 0 fully saturated rings. The molecule has 0 aliphatic carbocycles. The van der Waals surface area contributed by atoms with Crippen molar-refractivity contribution in [2.24, 2.45) is 0 Å². The van der Waals surface area contributed by atoms with Gasteiger partial charge in [-0.1, -0.05) is 48.5 Å². The van der Waals surface area contributed by atoms with Crippen molar-refractivity contribution in [3.63, 3.8) is 0 Å². The highest BCUT2D eigenvalue weighted by molar-refractivity contribution is 7.96. The molecule has 132 valence electrons. The van der Waals surface area contributed by atoms with Gasteiger partial charge in [0.2, 0.25) is 0 Å². The van der Waals surface area contributed by atoms with E-state index < -0.39 is 0 Å². The van der Waals surface area contributed by atoms with E-state index in [1.54, 1.807) is 0 Å². The summed E-state index contributed by atoms with van der Waals surface area (Å²) in [7, 11) is -0.253. The molecule has 1 aliphatic rings. The zero-order valence-electron chi connectivity index (χ0n) is 14.8. The highest BCUT2D eigenvalue weighted by Gasteiger charge is 2.30. The van der Waals surface area contributed by atoms with Crippen LogP contribution in [0.25, 0.3) is 11.3 Å². The molecule has 0 saturated carbocycles. The maximum atomic E-state index is 12.9. The number of hydrogen-bond acceptors (Lipinski definition) is 2. The first-order chi connectivity index (χ1) is 12.7. The molecular formula is C21H22N3OS+. The number of nitrogens with one attached hydrogen (secondary N) is 1. The van der Waals surface area contributed by atoms with Gasteiger partial charge in [-0.05, 0) is 30.0 Å². The highest BCUT2D eigenvalue weighted by atomic mass is 32.2. The topological polar surface area (TPSA) is 49.0 Å². The van der Waals surface area contributed by atoms with Gasteiger partial charge >= 0.3 is 5.16 Å². The molecule has 1 atom stereocenters. The fourth-order valence-electron chi connectivity index (χ4n) is 3.37. The van der Waals surface area contributed by atoms with Gasteiger partial charge in [-0.2, -0.15) is 4.98 Å². The molecule has 1 unspecified atom stereocenters. The van der Waals surface area contributed by atoms with Crippen LogP contribution in [-0.4, -0.2) is 34.4 Å². The van der Waals surface area contributed by atoms with Gasteiger partial charge in [-0.15, -0.1) is 0 Å². The van der Waals surface area contributed by atoms with E-state index in [2.05, 4.69) is 40.5 Å². The van der Waals surface area contributed by atoms with E-state index in [1.807, 2.05) is 41.4 Å². The molecule has 0 radical (unpaired) electrons. The largest absolute Gasteiger partial charge is 0.323 e. The van der Waals surface area contributed by atoms with Crippen molar-refractivity contribution in [3.05, 3.63) is 66.4 Å². The van der Waals surface area contributed by atoms with Gasteiger partial charge in [-0.25, -0.2) is 0 Å². The predicted octanol–water partition coefficient (Wildman–Crippen LogP) is 3.66. The lowest BCUT2D eigenvalue weighted by atomic mass is 10.0. The summed E-state index contributed by atoms with van der Waals surface area (Å²) in [6.45, 7) is 0.806. The van der Waals surface area contributed by atoms with Gasteiger partial charge in [0.25, 0.3) is 5.91 Å². The number of nitrogens with zero attached hydrogens (tertiary/aromatic N) is 2. The monoisotopic (exact) mass is 364 g/mol. The molecule has 4 nitrogen and oxygen atoms in total. The van der Waals surface area contributed by atoms with Crippen molar-refractivity contribution in [1.82, 2.24) is 9.97 Å². The number of H-pyrrole nitrogens is 1. The first-order valence-electron chi connectivity index (χ1n) is 8.83. The first-order valence-corrected chi connectivity index (χ1v) is 10.6. The molecule has 0 bridgehead atoms. The Kier molecular flexibility index (Phi) is 4.80. The van der Waals surface area contributed by atoms with Crippen LogP contribution in [0, 0.1) is 0 Å². The van der Waals surface area contributed by atoms with E-state index in [-0.39, 0.29) is 16.8 Å². The van der Waals surface area contributed by atoms with Crippen LogP contribution in [0.1, 0.15) is 12.0 Å². The maximum absolute atomic E-state index is 12.9. The molecule has 2 aromatic carbocycles. The third-order valence-corrected chi connectivity index (χ3v) is 6.27. The minimum atomic E-state index is -0.253. The van der Waals surface area contributed by atoms with Gasteiger partial charge in [0, 0.05) is 12.2 Å². The van der Waals surface area contributed by atoms with Crippen molar-refractivity contribution in [3.8, 4) is 11.3 Å². The van der Waals surface area contributed by atoms with Crippen molar-refractivity contribution >= 4 is 22.5 Å². The molecule has 0 spiro atoms. The van der Waals surface area contributed by atoms with Crippen LogP contribution in [0.15, 0.2) is 66.0 Å². The Bertz CT molecular complexity index is 906. The van der Waals surface area contributed by atoms with Crippen LogP contribution in [0.3, 0.4) is 0 Å². The summed E-state index contributed by atoms with van der Waals surface area (Å²) in [5.41, 5.74) is 4.45. The number of para-hydroxylation sites is 1. The number of imidazole rings is 1. The molecule has 2 heterocycles. The summed E-state index contributed by atoms with van der Waals surface area (Å²) in [5, 5.41) is 0.891. The van der Waals surface area contributed by atoms with Crippen LogP contribution in [0.5, 0.6) is 0 Å². The fourth-order valence-corrected chi connectivity index (χ4v) is 4.55. The highest BCUT2D eigenvalue weighted by Crippen LogP contribution is 2.27. The third kappa shape index (κ3) is 3.40. The number of anilines is 1. The number of carbonyl (C=O) groups is 1. The van der Waals surface area contributed by atoms with E-state index in [0.717, 1.165) is 41.5 Å². The fraction of sp³-hybridized carbons (Fsp3) is 0.238. The minimum Gasteiger partial charge on any atom is -0.308 e. The van der Waals surface area contributed by atoms with Crippen molar-refractivity contribution < 1.29 is 4.79 Å². The van der Waals surface area contributed by atoms with Crippen LogP contribution in [0.2, 0.25) is 0 Å². The lowest BCUT2D eigenvalue weighted by Gasteiger charge is -2.28. The molecule has 1 N–H and O–H groups in total. The van der Waals surface area contributed by atoms with E-state index in [4.69, 9.17) is 0 Å². The van der Waals surface area contributed by atoms with Gasteiger partial charge in [0.05, 0.1) is 22.8 Å². The standard InChI is InChI=1S/C21H22N3OS/c1-26(21-22-14-18(23-21)16-8-3-2-4-9-16)15-20(25)24-13-7-11-17-10-5-6-12-19(17)24/h2-6,8-10,12,14H,7,11,13,15H2,1H3,(H,22,23)/q+1. The van der Waals surface area contributed by atoms with Gasteiger partial charge in [0.15, 0.2) is 5.75 Å². The Morgan fingerprint density at radius 2 is 1.92 bits per heavy atom. The number of aromatic amines is 1. The number of carbonyl (C=O) groups excluding carboxylic acids is 1. The second-order valence-electron chi connectivity index (χ2n) is 6.53. The van der Waals surface area contributed by atoms with Crippen LogP contribution in [-0.2, 0) is 22.1 Å². The summed E-state index contributed by atoms with van der Waals surface area (Å²) in [4.78, 5) is 22.8. The minimum absolute atomic E-state index is 0.181. The number of hydrogen-bond donors (Lipinski definition) is 1. The average Bonchev–Trinajstić information content (AvgIpc) is 3.18. The molecule has 1 amide bonds. The van der Waals surface area contributed by atoms with E-state index >= 15 is 0 Å². The van der Waals surface area contributed by atoms with Gasteiger partial charge in [0.1, 0.15) is 6.26 Å². The molecule has 1 aliphatic heterocycles. The van der Waals surface area contributed by atoms with Crippen molar-refractivity contribution in [1.29, 1.82) is 0 Å². The molecule has 4 rings (SSSR count). The summed E-state index contributed by atoms with van der Waals surface area (Å²) in [5.74, 6) is 0.663. The van der Waals surface area contributed by atoms with Crippen LogP contribution >= 0.6 is 0 Å². The quantitative estimate of drug-likeness (QED) is 0.718. The summed E-state index contributed by atoms with van der Waals surface area (Å²) in [6, 6.07) is 18.4. The Balaban J connectivity index is 1.48. The van der Waals surface area contributed by atoms with Crippen molar-refractivity contribution in [2.45, 2.75) is 18.0 Å². The molecule has 5 heteroatoms. The first kappa shape index (κ1) is 16.9. The molecule has 1 aromatic heterocycles. The normalized spacial score (nSPS) is 14.7. The summed E-state index contributed by atoms with van der Waals surface area (Å²) >= 11 is 0. The number of aryl methyl sites for hydroxylation is 1. The predicted molar refractivity (Wildman–Crippen MR) is 108 cm³/mol. The van der Waals surface area contributed by atoms with E-state index in [1.165, 1.54) is 5.56 Å². The summed E-state index contributed by atoms with van der Waals surface area (Å²) < 4.78 is 0. The summed E-state index contributed by atoms with van der Waals surface area (Å²) in [6.07, 6.45) is 6.02. The third-order valence-electron chi connectivity index (χ3n) is 4.72. The second kappa shape index (κ2) is 7.38. The number of fused-ring (bicyclic) bond motifs is 1. The van der Waals surface area contributed by atoms with E-state index in [0.29, 0.717) is 5.75 Å². The van der Waals surface area contributed by atoms with Gasteiger partial charge < -0.3 is 4.90 Å². The lowest BCUT2D eigenvalue weighted by molar-refractivity contribution is -0.116. The SMILES string of the molecule is C[S+](CC(=O)N1CCCc2ccccc21)c1ncc(-c2ccccc2)[nH]1. The molecule has 26 heavy (non-hydrogen) atoms. The van der Waals surface area contributed by atoms with Gasteiger partial charge in [-0.3, -0.25) is 9.78 Å². The Labute approximate surface area is 156 Å². The number of aromatic nitrogens is 2. The number of benzene rings is 2. The van der Waals surface area contributed by atoms with E-state index in [9.17, 15) is 4.79 Å². The zero-order chi connectivity index (χ0) is 17.9. The number of rotatable bonds is 4. The lowest BCUT2D eigenvalue weighted by Crippen LogP contribution is -2.39. The Morgan fingerprint density at radius 1 is 1.15 bits per heavy atom. The molecular weight excluding hydrogens is 342 g/mol. The molecule has 0 saturated heterocycles. The number of amides is 1.